The van der Waals surface area contributed by atoms with E-state index in [1.807, 2.05) is 6.07 Å². The average Bonchev–Trinajstić information content (AvgIpc) is 2.81. The summed E-state index contributed by atoms with van der Waals surface area (Å²) in [6.07, 6.45) is 0.318. The van der Waals surface area contributed by atoms with Crippen molar-refractivity contribution in [3.63, 3.8) is 0 Å². The van der Waals surface area contributed by atoms with Crippen LogP contribution in [0.1, 0.15) is 5.56 Å². The number of likely N-dealkylation sites (tertiary alicyclic amines) is 1. The van der Waals surface area contributed by atoms with E-state index in [-0.39, 0.29) is 12.2 Å². The van der Waals surface area contributed by atoms with Gasteiger partial charge in [-0.05, 0) is 33.6 Å². The van der Waals surface area contributed by atoms with Gasteiger partial charge in [0, 0.05) is 33.9 Å². The molecule has 2 unspecified atom stereocenters. The third kappa shape index (κ3) is 3.48. The number of methoxy groups -OCH3 is 3. The molecule has 1 aromatic rings. The first-order chi connectivity index (χ1) is 9.17. The van der Waals surface area contributed by atoms with Crippen LogP contribution in [0.4, 0.5) is 0 Å². The maximum atomic E-state index is 5.45. The fourth-order valence-electron chi connectivity index (χ4n) is 2.47. The number of hydrogen-bond acceptors (Lipinski definition) is 4. The molecule has 1 aliphatic heterocycles. The zero-order chi connectivity index (χ0) is 13.8. The highest BCUT2D eigenvalue weighted by Gasteiger charge is 2.32. The molecule has 2 atom stereocenters. The van der Waals surface area contributed by atoms with Crippen molar-refractivity contribution >= 4 is 15.9 Å². The lowest BCUT2D eigenvalue weighted by atomic mass is 10.2. The summed E-state index contributed by atoms with van der Waals surface area (Å²) >= 11 is 3.51. The summed E-state index contributed by atoms with van der Waals surface area (Å²) in [7, 11) is 5.15. The van der Waals surface area contributed by atoms with Gasteiger partial charge >= 0.3 is 0 Å². The minimum absolute atomic E-state index is 0.159. The van der Waals surface area contributed by atoms with E-state index in [4.69, 9.17) is 14.2 Å². The summed E-state index contributed by atoms with van der Waals surface area (Å²) in [5.74, 6) is 0.856. The van der Waals surface area contributed by atoms with Crippen molar-refractivity contribution in [2.45, 2.75) is 18.8 Å². The quantitative estimate of drug-likeness (QED) is 0.829. The van der Waals surface area contributed by atoms with Gasteiger partial charge in [0.2, 0.25) is 0 Å². The van der Waals surface area contributed by atoms with Gasteiger partial charge in [-0.2, -0.15) is 0 Å². The predicted octanol–water partition coefficient (Wildman–Crippen LogP) is 2.30. The molecule has 0 bridgehead atoms. The van der Waals surface area contributed by atoms with Crippen molar-refractivity contribution in [3.8, 4) is 5.75 Å². The predicted molar refractivity (Wildman–Crippen MR) is 77.6 cm³/mol. The van der Waals surface area contributed by atoms with Gasteiger partial charge in [-0.25, -0.2) is 0 Å². The van der Waals surface area contributed by atoms with Gasteiger partial charge in [0.05, 0.1) is 23.8 Å². The van der Waals surface area contributed by atoms with Crippen LogP contribution in [-0.2, 0) is 16.0 Å². The molecule has 1 aliphatic rings. The van der Waals surface area contributed by atoms with Crippen LogP contribution in [0, 0.1) is 0 Å². The Morgan fingerprint density at radius 3 is 2.26 bits per heavy atom. The summed E-state index contributed by atoms with van der Waals surface area (Å²) in [5.41, 5.74) is 1.25. The molecule has 0 aromatic heterocycles. The van der Waals surface area contributed by atoms with E-state index in [0.717, 1.165) is 29.9 Å². The lowest BCUT2D eigenvalue weighted by Crippen LogP contribution is -2.27. The van der Waals surface area contributed by atoms with E-state index in [1.165, 1.54) is 5.56 Å². The Morgan fingerprint density at radius 1 is 1.16 bits per heavy atom. The van der Waals surface area contributed by atoms with Crippen molar-refractivity contribution in [2.75, 3.05) is 34.4 Å². The number of halogens is 1. The highest BCUT2D eigenvalue weighted by Crippen LogP contribution is 2.27. The van der Waals surface area contributed by atoms with Crippen LogP contribution in [0.2, 0.25) is 0 Å². The Bertz CT molecular complexity index is 415. The number of rotatable bonds is 5. The number of benzene rings is 1. The molecule has 1 fully saturated rings. The first-order valence-electron chi connectivity index (χ1n) is 6.28. The molecular formula is C14H20BrNO3. The van der Waals surface area contributed by atoms with Gasteiger partial charge in [0.15, 0.2) is 0 Å². The second-order valence-electron chi connectivity index (χ2n) is 4.71. The average molecular weight is 330 g/mol. The Hall–Kier alpha value is -0.620. The number of nitrogens with zero attached hydrogens (tertiary/aromatic N) is 1. The van der Waals surface area contributed by atoms with Gasteiger partial charge in [0.1, 0.15) is 5.75 Å². The Morgan fingerprint density at radius 2 is 1.79 bits per heavy atom. The van der Waals surface area contributed by atoms with Crippen molar-refractivity contribution in [1.29, 1.82) is 0 Å². The Balaban J connectivity index is 2.00. The third-order valence-corrected chi connectivity index (χ3v) is 4.14. The zero-order valence-electron chi connectivity index (χ0n) is 11.6. The molecule has 1 saturated heterocycles. The summed E-state index contributed by atoms with van der Waals surface area (Å²) in [5, 5.41) is 0. The molecule has 1 heterocycles. The van der Waals surface area contributed by atoms with Gasteiger partial charge in [-0.3, -0.25) is 4.90 Å². The van der Waals surface area contributed by atoms with E-state index >= 15 is 0 Å². The van der Waals surface area contributed by atoms with Crippen LogP contribution < -0.4 is 4.74 Å². The van der Waals surface area contributed by atoms with Crippen LogP contribution in [-0.4, -0.2) is 51.5 Å². The fraction of sp³-hybridized carbons (Fsp3) is 0.571. The van der Waals surface area contributed by atoms with Crippen molar-refractivity contribution in [3.05, 3.63) is 28.2 Å². The van der Waals surface area contributed by atoms with Gasteiger partial charge < -0.3 is 14.2 Å². The van der Waals surface area contributed by atoms with E-state index in [1.54, 1.807) is 21.3 Å². The maximum Gasteiger partial charge on any atom is 0.133 e. The molecule has 0 radical (unpaired) electrons. The van der Waals surface area contributed by atoms with Gasteiger partial charge in [-0.15, -0.1) is 0 Å². The van der Waals surface area contributed by atoms with Crippen LogP contribution in [0.15, 0.2) is 22.7 Å². The largest absolute Gasteiger partial charge is 0.496 e. The molecule has 0 amide bonds. The summed E-state index contributed by atoms with van der Waals surface area (Å²) in [6.45, 7) is 2.69. The second kappa shape index (κ2) is 6.70. The van der Waals surface area contributed by atoms with Crippen molar-refractivity contribution in [2.24, 2.45) is 0 Å². The van der Waals surface area contributed by atoms with Gasteiger partial charge in [-0.1, -0.05) is 6.07 Å². The minimum Gasteiger partial charge on any atom is -0.496 e. The molecule has 0 aliphatic carbocycles. The molecule has 0 saturated carbocycles. The van der Waals surface area contributed by atoms with E-state index < -0.39 is 0 Å². The topological polar surface area (TPSA) is 30.9 Å². The molecule has 106 valence electrons. The van der Waals surface area contributed by atoms with Crippen molar-refractivity contribution in [1.82, 2.24) is 4.90 Å². The van der Waals surface area contributed by atoms with Crippen LogP contribution in [0.5, 0.6) is 5.75 Å². The molecule has 19 heavy (non-hydrogen) atoms. The molecule has 2 rings (SSSR count). The molecular weight excluding hydrogens is 310 g/mol. The molecule has 1 aromatic carbocycles. The molecule has 0 spiro atoms. The summed E-state index contributed by atoms with van der Waals surface area (Å²) < 4.78 is 17.1. The Labute approximate surface area is 122 Å². The first-order valence-corrected chi connectivity index (χ1v) is 7.07. The van der Waals surface area contributed by atoms with Crippen LogP contribution in [0.25, 0.3) is 0 Å². The highest BCUT2D eigenvalue weighted by molar-refractivity contribution is 9.10. The highest BCUT2D eigenvalue weighted by atomic mass is 79.9. The lowest BCUT2D eigenvalue weighted by Gasteiger charge is -2.16. The fourth-order valence-corrected chi connectivity index (χ4v) is 3.05. The van der Waals surface area contributed by atoms with Crippen LogP contribution >= 0.6 is 15.9 Å². The minimum atomic E-state index is 0.159. The molecule has 0 N–H and O–H groups in total. The SMILES string of the molecule is COc1ccc(CN2CC(OC)C(OC)C2)cc1Br. The van der Waals surface area contributed by atoms with Crippen molar-refractivity contribution < 1.29 is 14.2 Å². The molecule has 4 nitrogen and oxygen atoms in total. The number of hydrogen-bond donors (Lipinski definition) is 0. The standard InChI is InChI=1S/C14H20BrNO3/c1-17-12-5-4-10(6-11(12)15)7-16-8-13(18-2)14(9-16)19-3/h4-6,13-14H,7-9H2,1-3H3. The number of ether oxygens (including phenoxy) is 3. The summed E-state index contributed by atoms with van der Waals surface area (Å²) in [6, 6.07) is 6.17. The Kier molecular flexibility index (Phi) is 5.21. The van der Waals surface area contributed by atoms with E-state index in [0.29, 0.717) is 0 Å². The van der Waals surface area contributed by atoms with E-state index in [2.05, 4.69) is 33.0 Å². The monoisotopic (exact) mass is 329 g/mol. The summed E-state index contributed by atoms with van der Waals surface area (Å²) in [4.78, 5) is 2.34. The molecule has 5 heteroatoms. The van der Waals surface area contributed by atoms with Crippen LogP contribution in [0.3, 0.4) is 0 Å². The first kappa shape index (κ1) is 14.8. The maximum absolute atomic E-state index is 5.45. The second-order valence-corrected chi connectivity index (χ2v) is 5.57. The normalized spacial score (nSPS) is 23.8. The van der Waals surface area contributed by atoms with Gasteiger partial charge in [0.25, 0.3) is 0 Å². The van der Waals surface area contributed by atoms with E-state index in [9.17, 15) is 0 Å². The lowest BCUT2D eigenvalue weighted by molar-refractivity contribution is -0.00461. The smallest absolute Gasteiger partial charge is 0.133 e. The zero-order valence-corrected chi connectivity index (χ0v) is 13.1. The third-order valence-electron chi connectivity index (χ3n) is 3.52.